The second-order valence-corrected chi connectivity index (χ2v) is 10.1. The molecular weight excluding hydrogens is 518 g/mol. The number of amidine groups is 1. The van der Waals surface area contributed by atoms with Gasteiger partial charge in [-0.2, -0.15) is 0 Å². The summed E-state index contributed by atoms with van der Waals surface area (Å²) in [6, 6.07) is 19.5. The number of aliphatic imine (C=N–C) groups is 1. The van der Waals surface area contributed by atoms with Crippen molar-refractivity contribution >= 4 is 45.9 Å². The molecule has 0 unspecified atom stereocenters. The molecule has 2 aliphatic heterocycles. The number of thioether (sulfide) groups is 1. The molecule has 0 bridgehead atoms. The second-order valence-electron chi connectivity index (χ2n) is 8.93. The van der Waals surface area contributed by atoms with E-state index in [2.05, 4.69) is 5.32 Å². The molecule has 0 saturated carbocycles. The highest BCUT2D eigenvalue weighted by Gasteiger charge is 2.39. The molecule has 3 aromatic carbocycles. The molecule has 1 fully saturated rings. The number of carbonyl (C=O) groups excluding carboxylic acids is 3. The highest BCUT2D eigenvalue weighted by Crippen LogP contribution is 2.36. The first kappa shape index (κ1) is 26.3. The van der Waals surface area contributed by atoms with Gasteiger partial charge in [-0.3, -0.25) is 19.3 Å². The first-order valence-electron chi connectivity index (χ1n) is 12.5. The SMILES string of the molecule is CCOc1ccc(N=C2S[C@H](CC(=O)Nc3ccc(C(C)=O)cc3)C(=O)N2Cc2ccc3c(c2)OCO3)cc1. The molecule has 3 aromatic rings. The Bertz CT molecular complexity index is 1420. The number of Topliss-reactive ketones (excluding diaryl/α,β-unsaturated/α-hetero) is 1. The Hall–Kier alpha value is -4.31. The Morgan fingerprint density at radius 2 is 1.79 bits per heavy atom. The summed E-state index contributed by atoms with van der Waals surface area (Å²) in [4.78, 5) is 44.2. The summed E-state index contributed by atoms with van der Waals surface area (Å²) in [6.07, 6.45) is -0.0299. The molecule has 2 amide bonds. The third kappa shape index (κ3) is 6.23. The first-order chi connectivity index (χ1) is 18.9. The van der Waals surface area contributed by atoms with Crippen molar-refractivity contribution in [2.24, 2.45) is 4.99 Å². The van der Waals surface area contributed by atoms with Gasteiger partial charge in [0.25, 0.3) is 0 Å². The van der Waals surface area contributed by atoms with Crippen molar-refractivity contribution in [3.05, 3.63) is 77.9 Å². The van der Waals surface area contributed by atoms with Gasteiger partial charge in [-0.05, 0) is 80.1 Å². The lowest BCUT2D eigenvalue weighted by atomic mass is 10.1. The molecule has 0 aliphatic carbocycles. The maximum atomic E-state index is 13.5. The van der Waals surface area contributed by atoms with Gasteiger partial charge in [0.05, 0.1) is 18.8 Å². The zero-order chi connectivity index (χ0) is 27.4. The Morgan fingerprint density at radius 1 is 1.05 bits per heavy atom. The third-order valence-electron chi connectivity index (χ3n) is 6.12. The van der Waals surface area contributed by atoms with Crippen LogP contribution in [0.3, 0.4) is 0 Å². The Balaban J connectivity index is 1.34. The summed E-state index contributed by atoms with van der Waals surface area (Å²) in [6.45, 7) is 4.39. The average Bonchev–Trinajstić information content (AvgIpc) is 3.50. The number of fused-ring (bicyclic) bond motifs is 1. The smallest absolute Gasteiger partial charge is 0.242 e. The van der Waals surface area contributed by atoms with Crippen LogP contribution >= 0.6 is 11.8 Å². The molecule has 0 spiro atoms. The van der Waals surface area contributed by atoms with Crippen LogP contribution in [-0.2, 0) is 16.1 Å². The van der Waals surface area contributed by atoms with E-state index in [1.54, 1.807) is 29.2 Å². The molecule has 1 atom stereocenters. The fourth-order valence-corrected chi connectivity index (χ4v) is 5.31. The van der Waals surface area contributed by atoms with Gasteiger partial charge in [0.2, 0.25) is 18.6 Å². The van der Waals surface area contributed by atoms with E-state index in [1.165, 1.54) is 18.7 Å². The van der Waals surface area contributed by atoms with Gasteiger partial charge in [0.15, 0.2) is 22.4 Å². The molecule has 1 saturated heterocycles. The lowest BCUT2D eigenvalue weighted by Gasteiger charge is -2.17. The Morgan fingerprint density at radius 3 is 2.51 bits per heavy atom. The normalized spacial score (nSPS) is 17.0. The molecule has 39 heavy (non-hydrogen) atoms. The zero-order valence-electron chi connectivity index (χ0n) is 21.5. The maximum absolute atomic E-state index is 13.5. The van der Waals surface area contributed by atoms with Crippen molar-refractivity contribution < 1.29 is 28.6 Å². The number of nitrogens with one attached hydrogen (secondary N) is 1. The Kier molecular flexibility index (Phi) is 7.83. The van der Waals surface area contributed by atoms with Crippen LogP contribution in [-0.4, -0.2) is 46.3 Å². The van der Waals surface area contributed by atoms with E-state index in [9.17, 15) is 14.4 Å². The number of anilines is 1. The van der Waals surface area contributed by atoms with Crippen molar-refractivity contribution in [2.75, 3.05) is 18.7 Å². The minimum atomic E-state index is -0.642. The summed E-state index contributed by atoms with van der Waals surface area (Å²) >= 11 is 1.26. The summed E-state index contributed by atoms with van der Waals surface area (Å²) in [5, 5.41) is 2.68. The van der Waals surface area contributed by atoms with Gasteiger partial charge in [-0.1, -0.05) is 17.8 Å². The molecule has 1 N–H and O–H groups in total. The zero-order valence-corrected chi connectivity index (χ0v) is 22.3. The fraction of sp³-hybridized carbons (Fsp3) is 0.241. The number of hydrogen-bond donors (Lipinski definition) is 1. The molecule has 200 valence electrons. The van der Waals surface area contributed by atoms with Crippen molar-refractivity contribution in [3.8, 4) is 17.2 Å². The number of amides is 2. The average molecular weight is 546 g/mol. The van der Waals surface area contributed by atoms with E-state index in [1.807, 2.05) is 49.4 Å². The summed E-state index contributed by atoms with van der Waals surface area (Å²) in [7, 11) is 0. The van der Waals surface area contributed by atoms with Gasteiger partial charge in [0.1, 0.15) is 11.0 Å². The van der Waals surface area contributed by atoms with Crippen LogP contribution in [0.4, 0.5) is 11.4 Å². The number of rotatable bonds is 9. The van der Waals surface area contributed by atoms with Crippen molar-refractivity contribution in [1.29, 1.82) is 0 Å². The highest BCUT2D eigenvalue weighted by molar-refractivity contribution is 8.15. The highest BCUT2D eigenvalue weighted by atomic mass is 32.2. The van der Waals surface area contributed by atoms with E-state index in [0.717, 1.165) is 11.3 Å². The number of ether oxygens (including phenoxy) is 3. The fourth-order valence-electron chi connectivity index (χ4n) is 4.16. The van der Waals surface area contributed by atoms with Gasteiger partial charge in [-0.15, -0.1) is 0 Å². The minimum Gasteiger partial charge on any atom is -0.494 e. The standard InChI is InChI=1S/C29H27N3O6S/c1-3-36-23-11-9-22(10-12-23)31-29-32(16-19-4-13-24-25(14-19)38-17-37-24)28(35)26(39-29)15-27(34)30-21-7-5-20(6-8-21)18(2)33/h4-14,26H,3,15-17H2,1-2H3,(H,30,34)/t26-/m1/s1. The molecule has 0 aromatic heterocycles. The quantitative estimate of drug-likeness (QED) is 0.370. The van der Waals surface area contributed by atoms with Crippen molar-refractivity contribution in [2.45, 2.75) is 32.1 Å². The first-order valence-corrected chi connectivity index (χ1v) is 13.4. The third-order valence-corrected chi connectivity index (χ3v) is 7.29. The van der Waals surface area contributed by atoms with Crippen LogP contribution in [0.1, 0.15) is 36.2 Å². The van der Waals surface area contributed by atoms with E-state index in [0.29, 0.717) is 40.2 Å². The molecule has 10 heteroatoms. The van der Waals surface area contributed by atoms with Gasteiger partial charge >= 0.3 is 0 Å². The van der Waals surface area contributed by atoms with Crippen LogP contribution in [0, 0.1) is 0 Å². The van der Waals surface area contributed by atoms with Crippen LogP contribution in [0.15, 0.2) is 71.7 Å². The van der Waals surface area contributed by atoms with Crippen molar-refractivity contribution in [1.82, 2.24) is 4.90 Å². The van der Waals surface area contributed by atoms with Gasteiger partial charge in [-0.25, -0.2) is 4.99 Å². The monoisotopic (exact) mass is 545 g/mol. The second kappa shape index (κ2) is 11.6. The number of benzene rings is 3. The van der Waals surface area contributed by atoms with Crippen LogP contribution in [0.25, 0.3) is 0 Å². The number of ketones is 1. The molecule has 9 nitrogen and oxygen atoms in total. The van der Waals surface area contributed by atoms with E-state index in [4.69, 9.17) is 19.2 Å². The summed E-state index contributed by atoms with van der Waals surface area (Å²) in [5.74, 6) is 1.46. The minimum absolute atomic E-state index is 0.0299. The lowest BCUT2D eigenvalue weighted by molar-refractivity contribution is -0.128. The van der Waals surface area contributed by atoms with E-state index in [-0.39, 0.29) is 37.4 Å². The van der Waals surface area contributed by atoms with Gasteiger partial charge < -0.3 is 19.5 Å². The van der Waals surface area contributed by atoms with E-state index < -0.39 is 5.25 Å². The predicted molar refractivity (Wildman–Crippen MR) is 149 cm³/mol. The lowest BCUT2D eigenvalue weighted by Crippen LogP contribution is -2.33. The van der Waals surface area contributed by atoms with Crippen LogP contribution in [0.5, 0.6) is 17.2 Å². The van der Waals surface area contributed by atoms with Crippen molar-refractivity contribution in [3.63, 3.8) is 0 Å². The largest absolute Gasteiger partial charge is 0.494 e. The Labute approximate surface area is 230 Å². The predicted octanol–water partition coefficient (Wildman–Crippen LogP) is 5.18. The maximum Gasteiger partial charge on any atom is 0.242 e. The van der Waals surface area contributed by atoms with Crippen LogP contribution in [0.2, 0.25) is 0 Å². The topological polar surface area (TPSA) is 107 Å². The summed E-state index contributed by atoms with van der Waals surface area (Å²) < 4.78 is 16.4. The summed E-state index contributed by atoms with van der Waals surface area (Å²) in [5.41, 5.74) is 2.63. The molecule has 5 rings (SSSR count). The van der Waals surface area contributed by atoms with Crippen LogP contribution < -0.4 is 19.5 Å². The molecule has 0 radical (unpaired) electrons. The molecule has 2 heterocycles. The number of nitrogens with zero attached hydrogens (tertiary/aromatic N) is 2. The van der Waals surface area contributed by atoms with Gasteiger partial charge in [0, 0.05) is 17.7 Å². The van der Waals surface area contributed by atoms with E-state index >= 15 is 0 Å². The molecule has 2 aliphatic rings. The number of carbonyl (C=O) groups is 3. The number of hydrogen-bond acceptors (Lipinski definition) is 8. The molecular formula is C29H27N3O6S.